The van der Waals surface area contributed by atoms with E-state index in [9.17, 15) is 4.79 Å². The van der Waals surface area contributed by atoms with E-state index in [-0.39, 0.29) is 11.9 Å². The van der Waals surface area contributed by atoms with Crippen molar-refractivity contribution in [3.05, 3.63) is 65.7 Å². The van der Waals surface area contributed by atoms with E-state index in [1.165, 1.54) is 56.1 Å². The Balaban J connectivity index is 1.17. The molecule has 2 aromatic carbocycles. The summed E-state index contributed by atoms with van der Waals surface area (Å²) in [6.45, 7) is 4.57. The largest absolute Gasteiger partial charge is 0.426 e. The van der Waals surface area contributed by atoms with E-state index >= 15 is 0 Å². The molecule has 2 saturated carbocycles. The lowest BCUT2D eigenvalue weighted by Crippen LogP contribution is -2.30. The Labute approximate surface area is 201 Å². The zero-order valence-electron chi connectivity index (χ0n) is 20.7. The number of esters is 1. The van der Waals surface area contributed by atoms with Gasteiger partial charge in [-0.15, -0.1) is 0 Å². The number of carbonyl (C=O) groups excluding carboxylic acids is 1. The molecule has 2 fully saturated rings. The van der Waals surface area contributed by atoms with E-state index in [2.05, 4.69) is 56.3 Å². The van der Waals surface area contributed by atoms with E-state index in [1.54, 1.807) is 0 Å². The molecule has 2 aliphatic carbocycles. The van der Waals surface area contributed by atoms with Crippen molar-refractivity contribution in [2.75, 3.05) is 0 Å². The van der Waals surface area contributed by atoms with Crippen LogP contribution in [0.2, 0.25) is 0 Å². The number of ether oxygens (including phenoxy) is 1. The van der Waals surface area contributed by atoms with E-state index in [0.29, 0.717) is 11.7 Å². The first-order valence-corrected chi connectivity index (χ1v) is 13.5. The van der Waals surface area contributed by atoms with Gasteiger partial charge < -0.3 is 4.74 Å². The SMILES string of the molecule is CCCc1ccc(OC(=O)C2CCC(C3CCC(C[C@H](C)c4ccccc4)CC3)CC2)cc1. The minimum atomic E-state index is -0.0182. The molecule has 2 aliphatic rings. The van der Waals surface area contributed by atoms with Crippen LogP contribution in [0, 0.1) is 23.7 Å². The molecular weight excluding hydrogens is 404 g/mol. The standard InChI is InChI=1S/C31H42O2/c1-3-7-24-12-20-30(21-13-24)33-31(32)29-18-16-28(17-19-29)27-14-10-25(11-15-27)22-23(2)26-8-5-4-6-9-26/h4-6,8-9,12-13,20-21,23,25,27-29H,3,7,10-11,14-19,22H2,1-2H3/t23-,25?,27?,28?,29?/m0/s1. The molecule has 0 unspecified atom stereocenters. The average molecular weight is 447 g/mol. The van der Waals surface area contributed by atoms with Gasteiger partial charge in [-0.1, -0.05) is 75.6 Å². The van der Waals surface area contributed by atoms with Crippen LogP contribution in [0.15, 0.2) is 54.6 Å². The highest BCUT2D eigenvalue weighted by atomic mass is 16.5. The smallest absolute Gasteiger partial charge is 0.314 e. The van der Waals surface area contributed by atoms with Gasteiger partial charge in [0.2, 0.25) is 0 Å². The van der Waals surface area contributed by atoms with Gasteiger partial charge in [0.15, 0.2) is 0 Å². The highest BCUT2D eigenvalue weighted by molar-refractivity contribution is 5.75. The van der Waals surface area contributed by atoms with E-state index in [1.807, 2.05) is 12.1 Å². The minimum Gasteiger partial charge on any atom is -0.426 e. The Hall–Kier alpha value is -2.09. The second-order valence-electron chi connectivity index (χ2n) is 10.8. The van der Waals surface area contributed by atoms with E-state index in [0.717, 1.165) is 43.4 Å². The van der Waals surface area contributed by atoms with Crippen LogP contribution in [0.5, 0.6) is 5.75 Å². The number of aryl methyl sites for hydroxylation is 1. The predicted molar refractivity (Wildman–Crippen MR) is 136 cm³/mol. The highest BCUT2D eigenvalue weighted by Crippen LogP contribution is 2.43. The quantitative estimate of drug-likeness (QED) is 0.301. The molecule has 0 spiro atoms. The maximum Gasteiger partial charge on any atom is 0.314 e. The third-order valence-corrected chi connectivity index (χ3v) is 8.40. The molecule has 178 valence electrons. The van der Waals surface area contributed by atoms with Crippen molar-refractivity contribution in [1.29, 1.82) is 0 Å². The lowest BCUT2D eigenvalue weighted by Gasteiger charge is -2.38. The lowest BCUT2D eigenvalue weighted by molar-refractivity contribution is -0.140. The average Bonchev–Trinajstić information content (AvgIpc) is 2.86. The van der Waals surface area contributed by atoms with Gasteiger partial charge >= 0.3 is 5.97 Å². The monoisotopic (exact) mass is 446 g/mol. The fourth-order valence-corrected chi connectivity index (χ4v) is 6.35. The summed E-state index contributed by atoms with van der Waals surface area (Å²) in [5.41, 5.74) is 2.80. The second-order valence-corrected chi connectivity index (χ2v) is 10.8. The molecule has 33 heavy (non-hydrogen) atoms. The van der Waals surface area contributed by atoms with Crippen LogP contribution < -0.4 is 4.74 Å². The third-order valence-electron chi connectivity index (χ3n) is 8.40. The molecule has 0 bridgehead atoms. The van der Waals surface area contributed by atoms with Crippen molar-refractivity contribution >= 4 is 5.97 Å². The molecule has 2 heteroatoms. The summed E-state index contributed by atoms with van der Waals surface area (Å²) in [7, 11) is 0. The maximum absolute atomic E-state index is 12.7. The second kappa shape index (κ2) is 11.9. The first-order chi connectivity index (χ1) is 16.1. The summed E-state index contributed by atoms with van der Waals surface area (Å²) < 4.78 is 5.72. The fourth-order valence-electron chi connectivity index (χ4n) is 6.35. The Bertz CT molecular complexity index is 840. The highest BCUT2D eigenvalue weighted by Gasteiger charge is 2.34. The summed E-state index contributed by atoms with van der Waals surface area (Å²) in [6, 6.07) is 19.1. The Morgan fingerprint density at radius 3 is 2.06 bits per heavy atom. The van der Waals surface area contributed by atoms with Crippen LogP contribution in [-0.4, -0.2) is 5.97 Å². The van der Waals surface area contributed by atoms with Crippen molar-refractivity contribution in [2.24, 2.45) is 23.7 Å². The normalized spacial score (nSPS) is 26.5. The molecule has 0 N–H and O–H groups in total. The molecule has 2 nitrogen and oxygen atoms in total. The molecular formula is C31H42O2. The summed E-state index contributed by atoms with van der Waals surface area (Å²) in [4.78, 5) is 12.7. The molecule has 1 atom stereocenters. The van der Waals surface area contributed by atoms with Gasteiger partial charge in [0.05, 0.1) is 5.92 Å². The number of carbonyl (C=O) groups is 1. The van der Waals surface area contributed by atoms with Crippen LogP contribution in [0.25, 0.3) is 0 Å². The summed E-state index contributed by atoms with van der Waals surface area (Å²) in [6.07, 6.45) is 13.5. The minimum absolute atomic E-state index is 0.0182. The van der Waals surface area contributed by atoms with Gasteiger partial charge in [-0.2, -0.15) is 0 Å². The summed E-state index contributed by atoms with van der Waals surface area (Å²) >= 11 is 0. The Kier molecular flexibility index (Phi) is 8.64. The number of benzene rings is 2. The van der Waals surface area contributed by atoms with Crippen LogP contribution in [0.4, 0.5) is 0 Å². The maximum atomic E-state index is 12.7. The van der Waals surface area contributed by atoms with Crippen LogP contribution in [0.1, 0.15) is 95.1 Å². The van der Waals surface area contributed by atoms with Crippen LogP contribution in [-0.2, 0) is 11.2 Å². The predicted octanol–water partition coefficient (Wildman–Crippen LogP) is 8.35. The van der Waals surface area contributed by atoms with Crippen molar-refractivity contribution in [2.45, 2.75) is 90.4 Å². The first-order valence-electron chi connectivity index (χ1n) is 13.5. The van der Waals surface area contributed by atoms with Crippen LogP contribution in [0.3, 0.4) is 0 Å². The summed E-state index contributed by atoms with van der Waals surface area (Å²) in [5.74, 6) is 4.00. The molecule has 0 aliphatic heterocycles. The van der Waals surface area contributed by atoms with Crippen LogP contribution >= 0.6 is 0 Å². The molecule has 0 aromatic heterocycles. The topological polar surface area (TPSA) is 26.3 Å². The van der Waals surface area contributed by atoms with Gasteiger partial charge in [-0.05, 0) is 98.3 Å². The van der Waals surface area contributed by atoms with E-state index < -0.39 is 0 Å². The number of rotatable bonds is 8. The zero-order chi connectivity index (χ0) is 23.0. The van der Waals surface area contributed by atoms with Crippen molar-refractivity contribution in [3.63, 3.8) is 0 Å². The van der Waals surface area contributed by atoms with Gasteiger partial charge in [-0.25, -0.2) is 0 Å². The van der Waals surface area contributed by atoms with Crippen molar-refractivity contribution in [1.82, 2.24) is 0 Å². The summed E-state index contributed by atoms with van der Waals surface area (Å²) in [5, 5.41) is 0. The van der Waals surface area contributed by atoms with Gasteiger partial charge in [-0.3, -0.25) is 4.79 Å². The Morgan fingerprint density at radius 2 is 1.45 bits per heavy atom. The van der Waals surface area contributed by atoms with Crippen molar-refractivity contribution in [3.8, 4) is 5.75 Å². The molecule has 0 heterocycles. The van der Waals surface area contributed by atoms with Gasteiger partial charge in [0.1, 0.15) is 5.75 Å². The van der Waals surface area contributed by atoms with Crippen molar-refractivity contribution < 1.29 is 9.53 Å². The zero-order valence-corrected chi connectivity index (χ0v) is 20.7. The molecule has 2 aromatic rings. The van der Waals surface area contributed by atoms with Gasteiger partial charge in [0.25, 0.3) is 0 Å². The Morgan fingerprint density at radius 1 is 0.848 bits per heavy atom. The molecule has 0 radical (unpaired) electrons. The molecule has 0 saturated heterocycles. The first kappa shape index (κ1) is 24.0. The third kappa shape index (κ3) is 6.71. The van der Waals surface area contributed by atoms with Gasteiger partial charge in [0, 0.05) is 0 Å². The molecule has 4 rings (SSSR count). The number of hydrogen-bond acceptors (Lipinski definition) is 2. The molecule has 0 amide bonds. The lowest BCUT2D eigenvalue weighted by atomic mass is 9.68. The van der Waals surface area contributed by atoms with E-state index in [4.69, 9.17) is 4.74 Å². The number of hydrogen-bond donors (Lipinski definition) is 0. The fraction of sp³-hybridized carbons (Fsp3) is 0.581.